The zero-order valence-corrected chi connectivity index (χ0v) is 11.7. The summed E-state index contributed by atoms with van der Waals surface area (Å²) in [6, 6.07) is 5.61. The van der Waals surface area contributed by atoms with Crippen LogP contribution in [0, 0.1) is 0 Å². The van der Waals surface area contributed by atoms with Gasteiger partial charge in [0, 0.05) is 24.2 Å². The molecule has 3 rings (SSSR count). The Morgan fingerprint density at radius 3 is 2.90 bits per heavy atom. The van der Waals surface area contributed by atoms with Gasteiger partial charge in [0.15, 0.2) is 6.61 Å². The second-order valence-electron chi connectivity index (χ2n) is 5.11. The van der Waals surface area contributed by atoms with Gasteiger partial charge in [-0.2, -0.15) is 0 Å². The predicted molar refractivity (Wildman–Crippen MR) is 76.0 cm³/mol. The van der Waals surface area contributed by atoms with Crippen LogP contribution in [-0.2, 0) is 16.0 Å². The Kier molecular flexibility index (Phi) is 4.06. The van der Waals surface area contributed by atoms with Crippen LogP contribution in [0.1, 0.15) is 17.5 Å². The Balaban J connectivity index is 1.66. The molecule has 0 spiro atoms. The highest BCUT2D eigenvalue weighted by Crippen LogP contribution is 2.30. The van der Waals surface area contributed by atoms with Gasteiger partial charge in [0.25, 0.3) is 5.91 Å². The van der Waals surface area contributed by atoms with Gasteiger partial charge in [0.1, 0.15) is 5.75 Å². The van der Waals surface area contributed by atoms with Crippen LogP contribution < -0.4 is 4.74 Å². The van der Waals surface area contributed by atoms with Gasteiger partial charge in [0.05, 0.1) is 18.9 Å². The fourth-order valence-corrected chi connectivity index (χ4v) is 2.75. The average molecular weight is 290 g/mol. The lowest BCUT2D eigenvalue weighted by atomic mass is 10.1. The van der Waals surface area contributed by atoms with Crippen molar-refractivity contribution in [2.45, 2.75) is 12.8 Å². The van der Waals surface area contributed by atoms with E-state index >= 15 is 0 Å². The standard InChI is InChI=1S/C15H18N2O4/c18-15(17-6-8-20-9-7-17)10-21-14-3-1-2-11-12(14)4-5-13(11)16-19/h1-3,19H,4-10H2. The van der Waals surface area contributed by atoms with Crippen LogP contribution in [0.4, 0.5) is 0 Å². The highest BCUT2D eigenvalue weighted by molar-refractivity contribution is 6.04. The van der Waals surface area contributed by atoms with Gasteiger partial charge in [-0.15, -0.1) is 0 Å². The van der Waals surface area contributed by atoms with E-state index in [4.69, 9.17) is 14.7 Å². The van der Waals surface area contributed by atoms with Crippen molar-refractivity contribution in [3.8, 4) is 5.75 Å². The van der Waals surface area contributed by atoms with Crippen molar-refractivity contribution in [1.82, 2.24) is 4.90 Å². The Morgan fingerprint density at radius 1 is 1.33 bits per heavy atom. The number of amides is 1. The number of fused-ring (bicyclic) bond motifs is 1. The zero-order chi connectivity index (χ0) is 14.7. The molecule has 0 saturated carbocycles. The molecule has 1 aromatic rings. The summed E-state index contributed by atoms with van der Waals surface area (Å²) >= 11 is 0. The van der Waals surface area contributed by atoms with E-state index in [1.807, 2.05) is 18.2 Å². The predicted octanol–water partition coefficient (Wildman–Crippen LogP) is 1.05. The van der Waals surface area contributed by atoms with Gasteiger partial charge in [-0.3, -0.25) is 4.79 Å². The lowest BCUT2D eigenvalue weighted by molar-refractivity contribution is -0.137. The molecule has 0 radical (unpaired) electrons. The number of nitrogens with zero attached hydrogens (tertiary/aromatic N) is 2. The molecule has 0 bridgehead atoms. The molecule has 0 aromatic heterocycles. The number of ether oxygens (including phenoxy) is 2. The summed E-state index contributed by atoms with van der Waals surface area (Å²) in [4.78, 5) is 13.8. The lowest BCUT2D eigenvalue weighted by Crippen LogP contribution is -2.43. The molecule has 6 heteroatoms. The zero-order valence-electron chi connectivity index (χ0n) is 11.7. The van der Waals surface area contributed by atoms with Gasteiger partial charge in [-0.1, -0.05) is 17.3 Å². The van der Waals surface area contributed by atoms with Crippen LogP contribution in [0.3, 0.4) is 0 Å². The van der Waals surface area contributed by atoms with Crippen LogP contribution in [0.5, 0.6) is 5.75 Å². The largest absolute Gasteiger partial charge is 0.483 e. The van der Waals surface area contributed by atoms with E-state index in [1.54, 1.807) is 4.90 Å². The number of hydrogen-bond acceptors (Lipinski definition) is 5. The minimum Gasteiger partial charge on any atom is -0.483 e. The summed E-state index contributed by atoms with van der Waals surface area (Å²) in [6.07, 6.45) is 1.47. The first kappa shape index (κ1) is 13.9. The van der Waals surface area contributed by atoms with E-state index < -0.39 is 0 Å². The lowest BCUT2D eigenvalue weighted by Gasteiger charge is -2.26. The smallest absolute Gasteiger partial charge is 0.260 e. The van der Waals surface area contributed by atoms with E-state index in [2.05, 4.69) is 5.16 Å². The van der Waals surface area contributed by atoms with E-state index in [1.165, 1.54) is 0 Å². The van der Waals surface area contributed by atoms with Gasteiger partial charge >= 0.3 is 0 Å². The maximum absolute atomic E-state index is 12.1. The van der Waals surface area contributed by atoms with Gasteiger partial charge in [-0.05, 0) is 18.9 Å². The van der Waals surface area contributed by atoms with Crippen molar-refractivity contribution < 1.29 is 19.5 Å². The van der Waals surface area contributed by atoms with Crippen LogP contribution >= 0.6 is 0 Å². The summed E-state index contributed by atoms with van der Waals surface area (Å²) in [7, 11) is 0. The molecule has 0 unspecified atom stereocenters. The second-order valence-corrected chi connectivity index (χ2v) is 5.11. The van der Waals surface area contributed by atoms with Crippen molar-refractivity contribution >= 4 is 11.6 Å². The number of carbonyl (C=O) groups is 1. The molecule has 21 heavy (non-hydrogen) atoms. The summed E-state index contributed by atoms with van der Waals surface area (Å²) < 4.78 is 10.9. The summed E-state index contributed by atoms with van der Waals surface area (Å²) in [5, 5.41) is 12.3. The molecule has 1 saturated heterocycles. The van der Waals surface area contributed by atoms with Gasteiger partial charge < -0.3 is 19.6 Å². The fraction of sp³-hybridized carbons (Fsp3) is 0.467. The molecule has 1 aliphatic carbocycles. The van der Waals surface area contributed by atoms with E-state index in [9.17, 15) is 4.79 Å². The third-order valence-corrected chi connectivity index (χ3v) is 3.89. The molecule has 1 heterocycles. The first-order valence-corrected chi connectivity index (χ1v) is 7.11. The third-order valence-electron chi connectivity index (χ3n) is 3.89. The van der Waals surface area contributed by atoms with Crippen LogP contribution in [0.25, 0.3) is 0 Å². The molecule has 112 valence electrons. The Labute approximate surface area is 122 Å². The molecule has 1 fully saturated rings. The van der Waals surface area contributed by atoms with Crippen LogP contribution in [0.15, 0.2) is 23.4 Å². The minimum atomic E-state index is -0.0232. The quantitative estimate of drug-likeness (QED) is 0.667. The Hall–Kier alpha value is -2.08. The normalized spacial score (nSPS) is 19.6. The van der Waals surface area contributed by atoms with Gasteiger partial charge in [-0.25, -0.2) is 0 Å². The molecular weight excluding hydrogens is 272 g/mol. The van der Waals surface area contributed by atoms with Crippen molar-refractivity contribution in [2.75, 3.05) is 32.9 Å². The maximum atomic E-state index is 12.1. The molecule has 2 aliphatic rings. The number of hydrogen-bond donors (Lipinski definition) is 1. The first-order chi connectivity index (χ1) is 10.3. The SMILES string of the molecule is O=C(COc1cccc2c1CCC2=NO)N1CCOCC1. The highest BCUT2D eigenvalue weighted by Gasteiger charge is 2.23. The van der Waals surface area contributed by atoms with Crippen molar-refractivity contribution in [1.29, 1.82) is 0 Å². The second kappa shape index (κ2) is 6.13. The number of carbonyl (C=O) groups excluding carboxylic acids is 1. The number of oxime groups is 1. The number of morpholine rings is 1. The van der Waals surface area contributed by atoms with Crippen molar-refractivity contribution in [3.05, 3.63) is 29.3 Å². The highest BCUT2D eigenvalue weighted by atomic mass is 16.5. The average Bonchev–Trinajstić information content (AvgIpc) is 2.97. The topological polar surface area (TPSA) is 71.4 Å². The van der Waals surface area contributed by atoms with Crippen molar-refractivity contribution in [2.24, 2.45) is 5.16 Å². The number of benzene rings is 1. The molecule has 1 amide bonds. The fourth-order valence-electron chi connectivity index (χ4n) is 2.75. The number of rotatable bonds is 3. The van der Waals surface area contributed by atoms with Gasteiger partial charge in [0.2, 0.25) is 0 Å². The molecule has 1 aromatic carbocycles. The van der Waals surface area contributed by atoms with Crippen LogP contribution in [-0.4, -0.2) is 54.6 Å². The molecular formula is C15H18N2O4. The summed E-state index contributed by atoms with van der Waals surface area (Å²) in [5.41, 5.74) is 2.60. The molecule has 1 aliphatic heterocycles. The Morgan fingerprint density at radius 2 is 2.14 bits per heavy atom. The van der Waals surface area contributed by atoms with E-state index in [0.29, 0.717) is 44.2 Å². The molecule has 6 nitrogen and oxygen atoms in total. The summed E-state index contributed by atoms with van der Waals surface area (Å²) in [5.74, 6) is 0.678. The van der Waals surface area contributed by atoms with Crippen LogP contribution in [0.2, 0.25) is 0 Å². The van der Waals surface area contributed by atoms with E-state index in [-0.39, 0.29) is 12.5 Å². The maximum Gasteiger partial charge on any atom is 0.260 e. The molecule has 1 N–H and O–H groups in total. The Bertz CT molecular complexity index is 565. The van der Waals surface area contributed by atoms with Crippen molar-refractivity contribution in [3.63, 3.8) is 0 Å². The minimum absolute atomic E-state index is 0.0232. The summed E-state index contributed by atoms with van der Waals surface area (Å²) in [6.45, 7) is 2.44. The molecule has 0 atom stereocenters. The van der Waals surface area contributed by atoms with E-state index in [0.717, 1.165) is 17.5 Å². The monoisotopic (exact) mass is 290 g/mol. The first-order valence-electron chi connectivity index (χ1n) is 7.11. The third kappa shape index (κ3) is 2.85.